The first-order valence-corrected chi connectivity index (χ1v) is 6.41. The predicted octanol–water partition coefficient (Wildman–Crippen LogP) is 3.81. The maximum Gasteiger partial charge on any atom is 0.209 e. The summed E-state index contributed by atoms with van der Waals surface area (Å²) >= 11 is 12.4. The van der Waals surface area contributed by atoms with Crippen LogP contribution in [-0.2, 0) is 0 Å². The van der Waals surface area contributed by atoms with Gasteiger partial charge in [-0.25, -0.2) is 4.98 Å². The molecule has 0 atom stereocenters. The molecule has 5 heteroatoms. The normalized spacial score (nSPS) is 10.8. The monoisotopic (exact) mass is 289 g/mol. The smallest absolute Gasteiger partial charge is 0.209 e. The average Bonchev–Trinajstić information content (AvgIpc) is 2.41. The van der Waals surface area contributed by atoms with Crippen LogP contribution in [0, 0.1) is 5.41 Å². The van der Waals surface area contributed by atoms with E-state index in [2.05, 4.69) is 4.98 Å². The first-order valence-electron chi connectivity index (χ1n) is 5.65. The minimum atomic E-state index is 0.219. The van der Waals surface area contributed by atoms with Gasteiger partial charge in [0.05, 0.1) is 16.2 Å². The third kappa shape index (κ3) is 2.01. The van der Waals surface area contributed by atoms with Crippen LogP contribution in [-0.4, -0.2) is 9.55 Å². The summed E-state index contributed by atoms with van der Waals surface area (Å²) in [5.74, 6) is 0. The van der Waals surface area contributed by atoms with Crippen molar-refractivity contribution < 1.29 is 0 Å². The van der Waals surface area contributed by atoms with Crippen molar-refractivity contribution in [3.05, 3.63) is 64.3 Å². The van der Waals surface area contributed by atoms with Gasteiger partial charge < -0.3 is 0 Å². The SMILES string of the molecule is N=c1c2ccccc2nc(Cl)n1-c1ccccc1Cl. The number of benzene rings is 2. The van der Waals surface area contributed by atoms with Crippen molar-refractivity contribution in [1.29, 1.82) is 5.41 Å². The molecule has 3 aromatic rings. The molecule has 3 rings (SSSR count). The molecule has 3 nitrogen and oxygen atoms in total. The van der Waals surface area contributed by atoms with Crippen molar-refractivity contribution in [3.8, 4) is 5.69 Å². The fraction of sp³-hybridized carbons (Fsp3) is 0. The molecule has 0 bridgehead atoms. The molecule has 0 aliphatic rings. The number of halogens is 2. The summed E-state index contributed by atoms with van der Waals surface area (Å²) in [6.45, 7) is 0. The Hall–Kier alpha value is -1.84. The number of rotatable bonds is 1. The lowest BCUT2D eigenvalue weighted by molar-refractivity contribution is 0.912. The molecular formula is C14H9Cl2N3. The van der Waals surface area contributed by atoms with Gasteiger partial charge in [0.15, 0.2) is 0 Å². The lowest BCUT2D eigenvalue weighted by Crippen LogP contribution is -2.21. The summed E-state index contributed by atoms with van der Waals surface area (Å²) < 4.78 is 1.53. The van der Waals surface area contributed by atoms with E-state index in [0.717, 1.165) is 5.39 Å². The molecule has 0 aliphatic carbocycles. The summed E-state index contributed by atoms with van der Waals surface area (Å²) in [6.07, 6.45) is 0. The van der Waals surface area contributed by atoms with E-state index in [0.29, 0.717) is 16.2 Å². The van der Waals surface area contributed by atoms with Crippen LogP contribution in [0.1, 0.15) is 0 Å². The van der Waals surface area contributed by atoms with Crippen LogP contribution in [0.15, 0.2) is 48.5 Å². The number of nitrogens with zero attached hydrogens (tertiary/aromatic N) is 2. The van der Waals surface area contributed by atoms with Crippen LogP contribution in [0.5, 0.6) is 0 Å². The van der Waals surface area contributed by atoms with Crippen molar-refractivity contribution in [2.24, 2.45) is 0 Å². The zero-order valence-electron chi connectivity index (χ0n) is 9.77. The van der Waals surface area contributed by atoms with Gasteiger partial charge in [-0.3, -0.25) is 9.98 Å². The Bertz CT molecular complexity index is 824. The first-order chi connectivity index (χ1) is 9.18. The Morgan fingerprint density at radius 1 is 0.947 bits per heavy atom. The molecule has 94 valence electrons. The van der Waals surface area contributed by atoms with Crippen molar-refractivity contribution >= 4 is 34.1 Å². The molecule has 0 amide bonds. The molecule has 0 unspecified atom stereocenters. The maximum atomic E-state index is 8.29. The van der Waals surface area contributed by atoms with Crippen LogP contribution in [0.2, 0.25) is 10.3 Å². The van der Waals surface area contributed by atoms with E-state index < -0.39 is 0 Å². The van der Waals surface area contributed by atoms with Gasteiger partial charge in [-0.05, 0) is 35.9 Å². The largest absolute Gasteiger partial charge is 0.283 e. The summed E-state index contributed by atoms with van der Waals surface area (Å²) in [7, 11) is 0. The molecule has 1 heterocycles. The van der Waals surface area contributed by atoms with E-state index in [-0.39, 0.29) is 10.8 Å². The molecule has 0 fully saturated rings. The van der Waals surface area contributed by atoms with E-state index in [9.17, 15) is 0 Å². The first kappa shape index (κ1) is 12.2. The highest BCUT2D eigenvalue weighted by Gasteiger charge is 2.10. The van der Waals surface area contributed by atoms with Crippen LogP contribution in [0.3, 0.4) is 0 Å². The number of aromatic nitrogens is 2. The fourth-order valence-electron chi connectivity index (χ4n) is 1.99. The Balaban J connectivity index is 2.43. The molecule has 0 radical (unpaired) electrons. The molecule has 0 spiro atoms. The summed E-state index contributed by atoms with van der Waals surface area (Å²) in [5, 5.41) is 9.77. The fourth-order valence-corrected chi connectivity index (χ4v) is 2.47. The minimum Gasteiger partial charge on any atom is -0.283 e. The number of fused-ring (bicyclic) bond motifs is 1. The Morgan fingerprint density at radius 2 is 1.63 bits per heavy atom. The van der Waals surface area contributed by atoms with E-state index in [1.807, 2.05) is 42.5 Å². The molecule has 2 aromatic carbocycles. The zero-order chi connectivity index (χ0) is 13.4. The van der Waals surface area contributed by atoms with E-state index in [1.54, 1.807) is 6.07 Å². The second-order valence-electron chi connectivity index (χ2n) is 4.03. The van der Waals surface area contributed by atoms with Crippen LogP contribution < -0.4 is 5.49 Å². The van der Waals surface area contributed by atoms with Gasteiger partial charge in [0, 0.05) is 5.39 Å². The van der Waals surface area contributed by atoms with Crippen LogP contribution in [0.25, 0.3) is 16.6 Å². The average molecular weight is 290 g/mol. The molecule has 0 saturated carbocycles. The zero-order valence-corrected chi connectivity index (χ0v) is 11.3. The van der Waals surface area contributed by atoms with Gasteiger partial charge in [0.25, 0.3) is 0 Å². The van der Waals surface area contributed by atoms with E-state index in [1.165, 1.54) is 4.57 Å². The Kier molecular flexibility index (Phi) is 3.01. The predicted molar refractivity (Wildman–Crippen MR) is 76.9 cm³/mol. The van der Waals surface area contributed by atoms with Gasteiger partial charge in [0.1, 0.15) is 5.49 Å². The molecular weight excluding hydrogens is 281 g/mol. The summed E-state index contributed by atoms with van der Waals surface area (Å²) in [5.41, 5.74) is 1.61. The quantitative estimate of drug-likeness (QED) is 0.680. The van der Waals surface area contributed by atoms with Gasteiger partial charge in [-0.1, -0.05) is 35.9 Å². The molecule has 0 aliphatic heterocycles. The third-order valence-electron chi connectivity index (χ3n) is 2.87. The van der Waals surface area contributed by atoms with Gasteiger partial charge in [-0.2, -0.15) is 0 Å². The number of nitrogens with one attached hydrogen (secondary N) is 1. The number of hydrogen-bond acceptors (Lipinski definition) is 2. The standard InChI is InChI=1S/C14H9Cl2N3/c15-10-6-2-4-8-12(10)19-13(17)9-5-1-3-7-11(9)18-14(19)16/h1-8,17H. The minimum absolute atomic E-state index is 0.219. The lowest BCUT2D eigenvalue weighted by Gasteiger charge is -2.12. The maximum absolute atomic E-state index is 8.29. The third-order valence-corrected chi connectivity index (χ3v) is 3.45. The van der Waals surface area contributed by atoms with Crippen molar-refractivity contribution in [1.82, 2.24) is 9.55 Å². The van der Waals surface area contributed by atoms with Crippen molar-refractivity contribution in [3.63, 3.8) is 0 Å². The molecule has 1 aromatic heterocycles. The van der Waals surface area contributed by atoms with E-state index in [4.69, 9.17) is 28.6 Å². The highest BCUT2D eigenvalue weighted by atomic mass is 35.5. The van der Waals surface area contributed by atoms with Gasteiger partial charge in [-0.15, -0.1) is 0 Å². The van der Waals surface area contributed by atoms with Crippen LogP contribution >= 0.6 is 23.2 Å². The molecule has 0 saturated heterocycles. The highest BCUT2D eigenvalue weighted by Crippen LogP contribution is 2.22. The Morgan fingerprint density at radius 3 is 2.42 bits per heavy atom. The summed E-state index contributed by atoms with van der Waals surface area (Å²) in [4.78, 5) is 4.30. The van der Waals surface area contributed by atoms with Crippen LogP contribution in [0.4, 0.5) is 0 Å². The van der Waals surface area contributed by atoms with E-state index >= 15 is 0 Å². The number of hydrogen-bond donors (Lipinski definition) is 1. The Labute approximate surface area is 119 Å². The summed E-state index contributed by atoms with van der Waals surface area (Å²) in [6, 6.07) is 14.7. The molecule has 1 N–H and O–H groups in total. The topological polar surface area (TPSA) is 41.7 Å². The van der Waals surface area contributed by atoms with Crippen molar-refractivity contribution in [2.45, 2.75) is 0 Å². The second-order valence-corrected chi connectivity index (χ2v) is 4.78. The second kappa shape index (κ2) is 4.68. The van der Waals surface area contributed by atoms with Gasteiger partial charge >= 0.3 is 0 Å². The van der Waals surface area contributed by atoms with Crippen molar-refractivity contribution in [2.75, 3.05) is 0 Å². The molecule has 19 heavy (non-hydrogen) atoms. The highest BCUT2D eigenvalue weighted by molar-refractivity contribution is 6.33. The number of para-hydroxylation sites is 2. The van der Waals surface area contributed by atoms with Gasteiger partial charge in [0.2, 0.25) is 5.28 Å². The lowest BCUT2D eigenvalue weighted by atomic mass is 10.2.